The minimum absolute atomic E-state index is 0.362. The van der Waals surface area contributed by atoms with Crippen molar-refractivity contribution in [3.63, 3.8) is 0 Å². The first-order chi connectivity index (χ1) is 6.50. The van der Waals surface area contributed by atoms with Gasteiger partial charge >= 0.3 is 0 Å². The normalized spacial score (nSPS) is 11.3. The average Bonchev–Trinajstić information content (AvgIpc) is 2.11. The van der Waals surface area contributed by atoms with Gasteiger partial charge in [-0.05, 0) is 39.1 Å². The summed E-state index contributed by atoms with van der Waals surface area (Å²) in [7, 11) is 2.05. The zero-order valence-corrected chi connectivity index (χ0v) is 10.4. The molecular weight excluding hydrogens is 242 g/mol. The van der Waals surface area contributed by atoms with Crippen molar-refractivity contribution >= 4 is 15.9 Å². The number of benzene rings is 1. The zero-order valence-electron chi connectivity index (χ0n) is 8.79. The molecule has 0 aromatic heterocycles. The summed E-state index contributed by atoms with van der Waals surface area (Å²) in [6, 6.07) is 5.99. The van der Waals surface area contributed by atoms with Gasteiger partial charge in [0.05, 0.1) is 0 Å². The van der Waals surface area contributed by atoms with Gasteiger partial charge in [-0.3, -0.25) is 4.90 Å². The summed E-state index contributed by atoms with van der Waals surface area (Å²) < 4.78 is 1.00. The number of aromatic hydroxyl groups is 1. The molecule has 1 N–H and O–H groups in total. The van der Waals surface area contributed by atoms with Crippen LogP contribution in [0.2, 0.25) is 0 Å². The average molecular weight is 258 g/mol. The molecule has 0 saturated carbocycles. The van der Waals surface area contributed by atoms with E-state index in [-0.39, 0.29) is 0 Å². The first-order valence-corrected chi connectivity index (χ1v) is 5.47. The van der Waals surface area contributed by atoms with E-state index >= 15 is 0 Å². The number of phenolic OH excluding ortho intramolecular Hbond substituents is 1. The largest absolute Gasteiger partial charge is 0.508 e. The molecule has 0 spiro atoms. The van der Waals surface area contributed by atoms with Crippen LogP contribution in [0, 0.1) is 0 Å². The molecule has 0 radical (unpaired) electrons. The summed E-state index contributed by atoms with van der Waals surface area (Å²) in [5.74, 6) is 0.362. The molecule has 0 amide bonds. The Kier molecular flexibility index (Phi) is 3.96. The van der Waals surface area contributed by atoms with Crippen LogP contribution in [0.3, 0.4) is 0 Å². The summed E-state index contributed by atoms with van der Waals surface area (Å²) in [5, 5.41) is 9.62. The molecule has 1 aromatic carbocycles. The molecule has 2 nitrogen and oxygen atoms in total. The summed E-state index contributed by atoms with van der Waals surface area (Å²) >= 11 is 3.39. The highest BCUT2D eigenvalue weighted by molar-refractivity contribution is 9.10. The molecule has 14 heavy (non-hydrogen) atoms. The Balaban J connectivity index is 2.80. The van der Waals surface area contributed by atoms with Gasteiger partial charge in [-0.15, -0.1) is 0 Å². The van der Waals surface area contributed by atoms with Crippen LogP contribution in [-0.4, -0.2) is 23.1 Å². The lowest BCUT2D eigenvalue weighted by molar-refractivity contribution is 0.262. The molecule has 0 bridgehead atoms. The van der Waals surface area contributed by atoms with Gasteiger partial charge in [0.15, 0.2) is 0 Å². The Bertz CT molecular complexity index is 312. The Morgan fingerprint density at radius 2 is 2.07 bits per heavy atom. The second-order valence-electron chi connectivity index (χ2n) is 3.78. The molecule has 0 unspecified atom stereocenters. The van der Waals surface area contributed by atoms with E-state index < -0.39 is 0 Å². The fourth-order valence-electron chi connectivity index (χ4n) is 1.13. The van der Waals surface area contributed by atoms with Crippen molar-refractivity contribution < 1.29 is 5.11 Å². The summed E-state index contributed by atoms with van der Waals surface area (Å²) in [4.78, 5) is 2.18. The first kappa shape index (κ1) is 11.5. The van der Waals surface area contributed by atoms with Crippen LogP contribution in [0.1, 0.15) is 19.4 Å². The maximum absolute atomic E-state index is 9.62. The van der Waals surface area contributed by atoms with E-state index in [2.05, 4.69) is 34.7 Å². The highest BCUT2D eigenvalue weighted by Crippen LogP contribution is 2.23. The molecule has 0 atom stereocenters. The van der Waals surface area contributed by atoms with Crippen LogP contribution in [0.15, 0.2) is 22.7 Å². The van der Waals surface area contributed by atoms with Gasteiger partial charge in [0.25, 0.3) is 0 Å². The Morgan fingerprint density at radius 1 is 1.43 bits per heavy atom. The van der Waals surface area contributed by atoms with Gasteiger partial charge in [0, 0.05) is 22.6 Å². The van der Waals surface area contributed by atoms with Crippen molar-refractivity contribution in [3.8, 4) is 5.75 Å². The smallest absolute Gasteiger partial charge is 0.120 e. The SMILES string of the molecule is CC(C)N(C)Cc1cc(Br)ccc1O. The number of hydrogen-bond donors (Lipinski definition) is 1. The summed E-state index contributed by atoms with van der Waals surface area (Å²) in [6.07, 6.45) is 0. The van der Waals surface area contributed by atoms with E-state index in [0.717, 1.165) is 16.6 Å². The van der Waals surface area contributed by atoms with E-state index in [0.29, 0.717) is 11.8 Å². The molecule has 3 heteroatoms. The van der Waals surface area contributed by atoms with Crippen LogP contribution < -0.4 is 0 Å². The van der Waals surface area contributed by atoms with Crippen LogP contribution >= 0.6 is 15.9 Å². The second-order valence-corrected chi connectivity index (χ2v) is 4.70. The highest BCUT2D eigenvalue weighted by Gasteiger charge is 2.07. The quantitative estimate of drug-likeness (QED) is 0.900. The molecule has 0 heterocycles. The second kappa shape index (κ2) is 4.80. The standard InChI is InChI=1S/C11H16BrNO/c1-8(2)13(3)7-9-6-10(12)4-5-11(9)14/h4-6,8,14H,7H2,1-3H3. The fourth-order valence-corrected chi connectivity index (χ4v) is 1.54. The van der Waals surface area contributed by atoms with Gasteiger partial charge in [-0.2, -0.15) is 0 Å². The van der Waals surface area contributed by atoms with Crippen molar-refractivity contribution in [1.82, 2.24) is 4.90 Å². The van der Waals surface area contributed by atoms with Crippen LogP contribution in [0.5, 0.6) is 5.75 Å². The topological polar surface area (TPSA) is 23.5 Å². The van der Waals surface area contributed by atoms with Crippen LogP contribution in [0.25, 0.3) is 0 Å². The lowest BCUT2D eigenvalue weighted by Gasteiger charge is -2.21. The van der Waals surface area contributed by atoms with Crippen molar-refractivity contribution in [2.45, 2.75) is 26.4 Å². The predicted octanol–water partition coefficient (Wildman–Crippen LogP) is 2.99. The lowest BCUT2D eigenvalue weighted by Crippen LogP contribution is -2.25. The summed E-state index contributed by atoms with van der Waals surface area (Å²) in [6.45, 7) is 5.03. The van der Waals surface area contributed by atoms with Crippen molar-refractivity contribution in [3.05, 3.63) is 28.2 Å². The molecule has 0 saturated heterocycles. The van der Waals surface area contributed by atoms with E-state index in [1.165, 1.54) is 0 Å². The van der Waals surface area contributed by atoms with Gasteiger partial charge < -0.3 is 5.11 Å². The van der Waals surface area contributed by atoms with E-state index in [9.17, 15) is 5.11 Å². The van der Waals surface area contributed by atoms with Crippen molar-refractivity contribution in [2.24, 2.45) is 0 Å². The number of hydrogen-bond acceptors (Lipinski definition) is 2. The van der Waals surface area contributed by atoms with Crippen LogP contribution in [0.4, 0.5) is 0 Å². The Hall–Kier alpha value is -0.540. The lowest BCUT2D eigenvalue weighted by atomic mass is 10.2. The predicted molar refractivity (Wildman–Crippen MR) is 62.4 cm³/mol. The minimum atomic E-state index is 0.362. The fraction of sp³-hybridized carbons (Fsp3) is 0.455. The van der Waals surface area contributed by atoms with E-state index in [4.69, 9.17) is 0 Å². The maximum Gasteiger partial charge on any atom is 0.120 e. The van der Waals surface area contributed by atoms with Gasteiger partial charge in [0.1, 0.15) is 5.75 Å². The zero-order chi connectivity index (χ0) is 10.7. The van der Waals surface area contributed by atoms with Crippen molar-refractivity contribution in [2.75, 3.05) is 7.05 Å². The monoisotopic (exact) mass is 257 g/mol. The first-order valence-electron chi connectivity index (χ1n) is 4.68. The third kappa shape index (κ3) is 3.00. The Labute approximate surface area is 93.7 Å². The minimum Gasteiger partial charge on any atom is -0.508 e. The molecular formula is C11H16BrNO. The van der Waals surface area contributed by atoms with Crippen LogP contribution in [-0.2, 0) is 6.54 Å². The molecule has 0 aliphatic carbocycles. The third-order valence-corrected chi connectivity index (χ3v) is 2.84. The summed E-state index contributed by atoms with van der Waals surface area (Å²) in [5.41, 5.74) is 0.954. The Morgan fingerprint density at radius 3 is 2.64 bits per heavy atom. The molecule has 0 aliphatic rings. The highest BCUT2D eigenvalue weighted by atomic mass is 79.9. The molecule has 1 rings (SSSR count). The number of halogens is 1. The molecule has 78 valence electrons. The van der Waals surface area contributed by atoms with E-state index in [1.807, 2.05) is 19.2 Å². The number of phenols is 1. The van der Waals surface area contributed by atoms with Gasteiger partial charge in [-0.1, -0.05) is 15.9 Å². The number of nitrogens with zero attached hydrogens (tertiary/aromatic N) is 1. The number of rotatable bonds is 3. The van der Waals surface area contributed by atoms with Gasteiger partial charge in [0.2, 0.25) is 0 Å². The maximum atomic E-state index is 9.62. The third-order valence-electron chi connectivity index (χ3n) is 2.34. The molecule has 1 aromatic rings. The van der Waals surface area contributed by atoms with Gasteiger partial charge in [-0.25, -0.2) is 0 Å². The van der Waals surface area contributed by atoms with E-state index in [1.54, 1.807) is 6.07 Å². The van der Waals surface area contributed by atoms with Crippen molar-refractivity contribution in [1.29, 1.82) is 0 Å². The molecule has 0 aliphatic heterocycles. The molecule has 0 fully saturated rings.